The molecule has 0 fully saturated rings. The van der Waals surface area contributed by atoms with Gasteiger partial charge < -0.3 is 0 Å². The molecule has 13 heavy (non-hydrogen) atoms. The Kier molecular flexibility index (Phi) is 6.22. The molecule has 0 atom stereocenters. The van der Waals surface area contributed by atoms with Crippen LogP contribution in [0.15, 0.2) is 36.5 Å². The van der Waals surface area contributed by atoms with Gasteiger partial charge in [-0.25, -0.2) is 0 Å². The zero-order valence-electron chi connectivity index (χ0n) is 8.41. The third-order valence-electron chi connectivity index (χ3n) is 2.29. The van der Waals surface area contributed by atoms with E-state index in [1.165, 1.54) is 44.9 Å². The summed E-state index contributed by atoms with van der Waals surface area (Å²) >= 11 is 0. The zero-order chi connectivity index (χ0) is 9.19. The van der Waals surface area contributed by atoms with Crippen LogP contribution in [-0.2, 0) is 0 Å². The molecule has 72 valence electrons. The topological polar surface area (TPSA) is 0 Å². The van der Waals surface area contributed by atoms with Crippen molar-refractivity contribution in [2.75, 3.05) is 0 Å². The molecular weight excluding hydrogens is 156 g/mol. The summed E-state index contributed by atoms with van der Waals surface area (Å²) in [5.41, 5.74) is 0. The van der Waals surface area contributed by atoms with Gasteiger partial charge in [-0.3, -0.25) is 0 Å². The van der Waals surface area contributed by atoms with Gasteiger partial charge in [-0.1, -0.05) is 42.9 Å². The fourth-order valence-corrected chi connectivity index (χ4v) is 1.48. The predicted molar refractivity (Wildman–Crippen MR) is 59.7 cm³/mol. The van der Waals surface area contributed by atoms with Gasteiger partial charge in [0.1, 0.15) is 0 Å². The molecule has 0 heteroatoms. The third-order valence-corrected chi connectivity index (χ3v) is 2.29. The summed E-state index contributed by atoms with van der Waals surface area (Å²) in [5, 5.41) is 0. The monoisotopic (exact) mass is 176 g/mol. The maximum absolute atomic E-state index is 2.33. The van der Waals surface area contributed by atoms with Crippen molar-refractivity contribution in [2.45, 2.75) is 44.9 Å². The minimum absolute atomic E-state index is 1.18. The Bertz CT molecular complexity index is 184. The normalized spacial score (nSPS) is 25.2. The van der Waals surface area contributed by atoms with E-state index < -0.39 is 0 Å². The fraction of sp³-hybridized carbons (Fsp3) is 0.538. The largest absolute Gasteiger partial charge is 0.0885 e. The highest BCUT2D eigenvalue weighted by Crippen LogP contribution is 2.06. The van der Waals surface area contributed by atoms with Gasteiger partial charge >= 0.3 is 0 Å². The van der Waals surface area contributed by atoms with Crippen LogP contribution in [0, 0.1) is 0 Å². The Balaban J connectivity index is 2.28. The predicted octanol–water partition coefficient (Wildman–Crippen LogP) is 4.40. The summed E-state index contributed by atoms with van der Waals surface area (Å²) < 4.78 is 0. The Morgan fingerprint density at radius 2 is 1.00 bits per heavy atom. The smallest absolute Gasteiger partial charge is 0.0313 e. The average molecular weight is 176 g/mol. The fourth-order valence-electron chi connectivity index (χ4n) is 1.48. The molecule has 0 radical (unpaired) electrons. The summed E-state index contributed by atoms with van der Waals surface area (Å²) in [5.74, 6) is 0. The molecule has 1 rings (SSSR count). The molecule has 0 aromatic carbocycles. The van der Waals surface area contributed by atoms with Crippen molar-refractivity contribution < 1.29 is 0 Å². The van der Waals surface area contributed by atoms with Crippen LogP contribution < -0.4 is 0 Å². The second-order valence-electron chi connectivity index (χ2n) is 3.54. The molecule has 0 amide bonds. The van der Waals surface area contributed by atoms with E-state index in [2.05, 4.69) is 36.5 Å². The summed E-state index contributed by atoms with van der Waals surface area (Å²) in [6.07, 6.45) is 22.5. The van der Waals surface area contributed by atoms with Crippen LogP contribution in [0.3, 0.4) is 0 Å². The van der Waals surface area contributed by atoms with Gasteiger partial charge in [0.05, 0.1) is 0 Å². The minimum Gasteiger partial charge on any atom is -0.0885 e. The van der Waals surface area contributed by atoms with Gasteiger partial charge in [0.15, 0.2) is 0 Å². The molecule has 1 aliphatic carbocycles. The van der Waals surface area contributed by atoms with Gasteiger partial charge in [0.2, 0.25) is 0 Å². The lowest BCUT2D eigenvalue weighted by molar-refractivity contribution is 0.695. The molecule has 0 saturated carbocycles. The lowest BCUT2D eigenvalue weighted by Crippen LogP contribution is -1.74. The zero-order valence-corrected chi connectivity index (χ0v) is 8.41. The average Bonchev–Trinajstić information content (AvgIpc) is 2.18. The molecule has 0 spiro atoms. The van der Waals surface area contributed by atoms with E-state index in [1.54, 1.807) is 0 Å². The first-order valence-corrected chi connectivity index (χ1v) is 5.47. The van der Waals surface area contributed by atoms with Crippen molar-refractivity contribution in [3.8, 4) is 0 Å². The highest BCUT2D eigenvalue weighted by atomic mass is 13.9. The number of rotatable bonds is 0. The maximum atomic E-state index is 2.33. The Morgan fingerprint density at radius 3 is 1.85 bits per heavy atom. The summed E-state index contributed by atoms with van der Waals surface area (Å²) in [6.45, 7) is 0. The van der Waals surface area contributed by atoms with Crippen molar-refractivity contribution in [3.63, 3.8) is 0 Å². The molecular formula is C13H20. The van der Waals surface area contributed by atoms with E-state index in [-0.39, 0.29) is 0 Å². The first-order chi connectivity index (χ1) is 6.50. The van der Waals surface area contributed by atoms with Crippen LogP contribution in [0.1, 0.15) is 44.9 Å². The minimum atomic E-state index is 1.18. The van der Waals surface area contributed by atoms with Crippen molar-refractivity contribution in [3.05, 3.63) is 36.5 Å². The van der Waals surface area contributed by atoms with Crippen LogP contribution in [0.25, 0.3) is 0 Å². The van der Waals surface area contributed by atoms with E-state index in [0.29, 0.717) is 0 Å². The highest BCUT2D eigenvalue weighted by Gasteiger charge is 1.86. The third kappa shape index (κ3) is 6.39. The number of hydrogen-bond acceptors (Lipinski definition) is 0. The van der Waals surface area contributed by atoms with E-state index in [0.717, 1.165) is 0 Å². The Hall–Kier alpha value is -0.780. The highest BCUT2D eigenvalue weighted by molar-refractivity contribution is 5.03. The van der Waals surface area contributed by atoms with Crippen molar-refractivity contribution >= 4 is 0 Å². The molecule has 0 aromatic heterocycles. The maximum Gasteiger partial charge on any atom is -0.0313 e. The van der Waals surface area contributed by atoms with Crippen molar-refractivity contribution in [2.24, 2.45) is 0 Å². The number of hydrogen-bond donors (Lipinski definition) is 0. The van der Waals surface area contributed by atoms with Gasteiger partial charge in [-0.05, 0) is 38.5 Å². The molecule has 0 aliphatic heterocycles. The molecule has 0 saturated heterocycles. The van der Waals surface area contributed by atoms with Crippen LogP contribution in [0.2, 0.25) is 0 Å². The molecule has 0 heterocycles. The van der Waals surface area contributed by atoms with E-state index in [9.17, 15) is 0 Å². The Morgan fingerprint density at radius 1 is 0.462 bits per heavy atom. The van der Waals surface area contributed by atoms with Gasteiger partial charge in [-0.15, -0.1) is 0 Å². The SMILES string of the molecule is C1=CCC/C=C\CCCCC/C=C\1. The molecule has 0 bridgehead atoms. The molecule has 0 nitrogen and oxygen atoms in total. The summed E-state index contributed by atoms with van der Waals surface area (Å²) in [6, 6.07) is 0. The van der Waals surface area contributed by atoms with Crippen LogP contribution in [-0.4, -0.2) is 0 Å². The van der Waals surface area contributed by atoms with Gasteiger partial charge in [0.25, 0.3) is 0 Å². The van der Waals surface area contributed by atoms with Crippen LogP contribution >= 0.6 is 0 Å². The molecule has 0 aromatic rings. The van der Waals surface area contributed by atoms with Crippen LogP contribution in [0.4, 0.5) is 0 Å². The lowest BCUT2D eigenvalue weighted by Gasteiger charge is -1.94. The van der Waals surface area contributed by atoms with Gasteiger partial charge in [-0.2, -0.15) is 0 Å². The number of allylic oxidation sites excluding steroid dienone is 6. The van der Waals surface area contributed by atoms with E-state index in [4.69, 9.17) is 0 Å². The van der Waals surface area contributed by atoms with Crippen molar-refractivity contribution in [1.82, 2.24) is 0 Å². The van der Waals surface area contributed by atoms with E-state index >= 15 is 0 Å². The Labute approximate surface area is 82.0 Å². The lowest BCUT2D eigenvalue weighted by atomic mass is 10.1. The van der Waals surface area contributed by atoms with Crippen LogP contribution in [0.5, 0.6) is 0 Å². The quantitative estimate of drug-likeness (QED) is 0.480. The van der Waals surface area contributed by atoms with E-state index in [1.807, 2.05) is 0 Å². The second kappa shape index (κ2) is 7.85. The summed E-state index contributed by atoms with van der Waals surface area (Å²) in [7, 11) is 0. The molecule has 1 aliphatic rings. The first kappa shape index (κ1) is 10.3. The first-order valence-electron chi connectivity index (χ1n) is 5.47. The van der Waals surface area contributed by atoms with Crippen molar-refractivity contribution in [1.29, 1.82) is 0 Å². The molecule has 0 N–H and O–H groups in total. The van der Waals surface area contributed by atoms with Gasteiger partial charge in [0, 0.05) is 0 Å². The second-order valence-corrected chi connectivity index (χ2v) is 3.54. The molecule has 0 unspecified atom stereocenters. The summed E-state index contributed by atoms with van der Waals surface area (Å²) in [4.78, 5) is 0. The standard InChI is InChI=1S/C13H20/c1-2-4-6-8-10-12-13-11-9-7-5-3-1/h1-4,9,11H,5-8,10,12-13H2/b3-1?,4-2-,11-9-.